The number of hydrogen-bond acceptors (Lipinski definition) is 2. The lowest BCUT2D eigenvalue weighted by Gasteiger charge is -2.24. The quantitative estimate of drug-likeness (QED) is 0.520. The fourth-order valence-electron chi connectivity index (χ4n) is 0.677. The molecule has 0 amide bonds. The van der Waals surface area contributed by atoms with E-state index in [4.69, 9.17) is 0 Å². The van der Waals surface area contributed by atoms with E-state index in [0.29, 0.717) is 0 Å². The summed E-state index contributed by atoms with van der Waals surface area (Å²) in [6.07, 6.45) is -6.00. The van der Waals surface area contributed by atoms with Gasteiger partial charge in [-0.15, -0.1) is 0 Å². The first kappa shape index (κ1) is 7.81. The van der Waals surface area contributed by atoms with Crippen molar-refractivity contribution in [3.05, 3.63) is 0 Å². The van der Waals surface area contributed by atoms with Gasteiger partial charge in [0.25, 0.3) is 0 Å². The Balaban J connectivity index is 2.39. The van der Waals surface area contributed by atoms with Gasteiger partial charge in [0.15, 0.2) is 6.10 Å². The Morgan fingerprint density at radius 2 is 1.90 bits per heavy atom. The summed E-state index contributed by atoms with van der Waals surface area (Å²) < 4.78 is 44.2. The molecule has 0 bridgehead atoms. The Morgan fingerprint density at radius 1 is 1.20 bits per heavy atom. The molecule has 1 atom stereocenters. The highest BCUT2D eigenvalue weighted by Gasteiger charge is 2.41. The molecule has 0 aromatic rings. The third kappa shape index (κ3) is 1.85. The van der Waals surface area contributed by atoms with Crippen molar-refractivity contribution in [1.29, 1.82) is 0 Å². The van der Waals surface area contributed by atoms with Gasteiger partial charge >= 0.3 is 6.18 Å². The van der Waals surface area contributed by atoms with Crippen molar-refractivity contribution in [2.24, 2.45) is 0 Å². The molecule has 0 aromatic carbocycles. The Kier molecular flexibility index (Phi) is 2.15. The molecule has 1 rings (SSSR count). The topological polar surface area (TPSA) is 18.5 Å². The number of ether oxygens (including phenoxy) is 2. The van der Waals surface area contributed by atoms with Crippen molar-refractivity contribution in [3.8, 4) is 0 Å². The maximum atomic E-state index is 11.7. The molecule has 1 aliphatic rings. The number of alkyl halides is 3. The first-order valence-electron chi connectivity index (χ1n) is 2.87. The standard InChI is InChI=1S/C5H7F3O2/c6-5(7,8)4-3-9-1-2-10-4/h4H,1-3H2. The number of halogens is 3. The van der Waals surface area contributed by atoms with Crippen molar-refractivity contribution < 1.29 is 22.6 Å². The minimum atomic E-state index is -4.28. The second-order valence-corrected chi connectivity index (χ2v) is 1.98. The molecule has 1 unspecified atom stereocenters. The molecule has 1 aliphatic heterocycles. The van der Waals surface area contributed by atoms with Gasteiger partial charge in [-0.05, 0) is 0 Å². The average molecular weight is 156 g/mol. The summed E-state index contributed by atoms with van der Waals surface area (Å²) in [6, 6.07) is 0. The zero-order valence-electron chi connectivity index (χ0n) is 5.15. The third-order valence-corrected chi connectivity index (χ3v) is 1.18. The van der Waals surface area contributed by atoms with Crippen LogP contribution in [-0.2, 0) is 9.47 Å². The summed E-state index contributed by atoms with van der Waals surface area (Å²) in [7, 11) is 0. The summed E-state index contributed by atoms with van der Waals surface area (Å²) in [5.74, 6) is 0. The maximum absolute atomic E-state index is 11.7. The van der Waals surface area contributed by atoms with E-state index < -0.39 is 12.3 Å². The Bertz CT molecular complexity index is 106. The molecular formula is C5H7F3O2. The van der Waals surface area contributed by atoms with Crippen LogP contribution in [0.25, 0.3) is 0 Å². The van der Waals surface area contributed by atoms with Gasteiger partial charge in [0.1, 0.15) is 0 Å². The Labute approximate surface area is 55.9 Å². The minimum Gasteiger partial charge on any atom is -0.376 e. The summed E-state index contributed by atoms with van der Waals surface area (Å²) in [6.45, 7) is -0.0831. The van der Waals surface area contributed by atoms with Crippen molar-refractivity contribution in [1.82, 2.24) is 0 Å². The van der Waals surface area contributed by atoms with E-state index in [1.165, 1.54) is 0 Å². The van der Waals surface area contributed by atoms with E-state index in [9.17, 15) is 13.2 Å². The lowest BCUT2D eigenvalue weighted by atomic mass is 10.3. The van der Waals surface area contributed by atoms with Crippen molar-refractivity contribution in [2.45, 2.75) is 12.3 Å². The van der Waals surface area contributed by atoms with Crippen LogP contribution in [0.2, 0.25) is 0 Å². The van der Waals surface area contributed by atoms with Gasteiger partial charge in [0.05, 0.1) is 19.8 Å². The molecule has 5 heteroatoms. The first-order chi connectivity index (χ1) is 4.61. The van der Waals surface area contributed by atoms with Crippen LogP contribution >= 0.6 is 0 Å². The van der Waals surface area contributed by atoms with Crippen LogP contribution in [0.5, 0.6) is 0 Å². The molecule has 10 heavy (non-hydrogen) atoms. The molecule has 60 valence electrons. The maximum Gasteiger partial charge on any atom is 0.416 e. The van der Waals surface area contributed by atoms with E-state index in [1.807, 2.05) is 0 Å². The predicted molar refractivity (Wildman–Crippen MR) is 26.6 cm³/mol. The van der Waals surface area contributed by atoms with E-state index in [1.54, 1.807) is 0 Å². The normalized spacial score (nSPS) is 28.5. The molecule has 0 saturated carbocycles. The minimum absolute atomic E-state index is 0.0319. The second kappa shape index (κ2) is 2.75. The van der Waals surface area contributed by atoms with Gasteiger partial charge in [-0.3, -0.25) is 0 Å². The molecule has 0 aromatic heterocycles. The fraction of sp³-hybridized carbons (Fsp3) is 1.00. The van der Waals surface area contributed by atoms with E-state index in [2.05, 4.69) is 9.47 Å². The lowest BCUT2D eigenvalue weighted by molar-refractivity contribution is -0.254. The predicted octanol–water partition coefficient (Wildman–Crippen LogP) is 0.964. The van der Waals surface area contributed by atoms with E-state index >= 15 is 0 Å². The van der Waals surface area contributed by atoms with Gasteiger partial charge in [0.2, 0.25) is 0 Å². The molecule has 2 nitrogen and oxygen atoms in total. The highest BCUT2D eigenvalue weighted by Crippen LogP contribution is 2.24. The third-order valence-electron chi connectivity index (χ3n) is 1.18. The highest BCUT2D eigenvalue weighted by atomic mass is 19.4. The van der Waals surface area contributed by atoms with Crippen LogP contribution in [0.1, 0.15) is 0 Å². The zero-order valence-corrected chi connectivity index (χ0v) is 5.15. The van der Waals surface area contributed by atoms with Crippen LogP contribution in [0.4, 0.5) is 13.2 Å². The Hall–Kier alpha value is -0.290. The molecule has 1 fully saturated rings. The summed E-state index contributed by atoms with van der Waals surface area (Å²) >= 11 is 0. The number of hydrogen-bond donors (Lipinski definition) is 0. The summed E-state index contributed by atoms with van der Waals surface area (Å²) in [4.78, 5) is 0. The van der Waals surface area contributed by atoms with Gasteiger partial charge < -0.3 is 9.47 Å². The average Bonchev–Trinajstić information content (AvgIpc) is 1.88. The second-order valence-electron chi connectivity index (χ2n) is 1.98. The molecule has 1 saturated heterocycles. The lowest BCUT2D eigenvalue weighted by Crippen LogP contribution is -2.40. The molecule has 0 aliphatic carbocycles. The van der Waals surface area contributed by atoms with Gasteiger partial charge in [-0.25, -0.2) is 0 Å². The van der Waals surface area contributed by atoms with Crippen molar-refractivity contribution in [3.63, 3.8) is 0 Å². The van der Waals surface area contributed by atoms with E-state index in [-0.39, 0.29) is 19.8 Å². The number of rotatable bonds is 0. The van der Waals surface area contributed by atoms with Crippen LogP contribution < -0.4 is 0 Å². The smallest absolute Gasteiger partial charge is 0.376 e. The zero-order chi connectivity index (χ0) is 7.61. The molecule has 0 radical (unpaired) electrons. The monoisotopic (exact) mass is 156 g/mol. The molecule has 0 spiro atoms. The molecule has 1 heterocycles. The van der Waals surface area contributed by atoms with E-state index in [0.717, 1.165) is 0 Å². The fourth-order valence-corrected chi connectivity index (χ4v) is 0.677. The van der Waals surface area contributed by atoms with Gasteiger partial charge in [-0.2, -0.15) is 13.2 Å². The highest BCUT2D eigenvalue weighted by molar-refractivity contribution is 4.68. The molecular weight excluding hydrogens is 149 g/mol. The largest absolute Gasteiger partial charge is 0.416 e. The van der Waals surface area contributed by atoms with Crippen LogP contribution in [-0.4, -0.2) is 32.1 Å². The summed E-state index contributed by atoms with van der Waals surface area (Å²) in [5.41, 5.74) is 0. The van der Waals surface area contributed by atoms with Crippen molar-refractivity contribution in [2.75, 3.05) is 19.8 Å². The van der Waals surface area contributed by atoms with Crippen LogP contribution in [0.15, 0.2) is 0 Å². The van der Waals surface area contributed by atoms with Crippen LogP contribution in [0, 0.1) is 0 Å². The summed E-state index contributed by atoms with van der Waals surface area (Å²) in [5, 5.41) is 0. The van der Waals surface area contributed by atoms with Crippen LogP contribution in [0.3, 0.4) is 0 Å². The van der Waals surface area contributed by atoms with Gasteiger partial charge in [-0.1, -0.05) is 0 Å². The Morgan fingerprint density at radius 3 is 2.20 bits per heavy atom. The van der Waals surface area contributed by atoms with Gasteiger partial charge in [0, 0.05) is 0 Å². The SMILES string of the molecule is FC(F)(F)C1COCCO1. The molecule has 0 N–H and O–H groups in total. The van der Waals surface area contributed by atoms with Crippen molar-refractivity contribution >= 4 is 0 Å². The first-order valence-corrected chi connectivity index (χ1v) is 2.87.